The van der Waals surface area contributed by atoms with E-state index in [4.69, 9.17) is 42.6 Å². The number of hydrogen-bond acceptors (Lipinski definition) is 9. The van der Waals surface area contributed by atoms with Crippen molar-refractivity contribution in [1.82, 2.24) is 30.5 Å². The van der Waals surface area contributed by atoms with E-state index in [-0.39, 0.29) is 17.9 Å². The number of aliphatic carboxylic acids is 1. The second-order valence-corrected chi connectivity index (χ2v) is 12.7. The van der Waals surface area contributed by atoms with E-state index in [0.29, 0.717) is 90.0 Å². The lowest BCUT2D eigenvalue weighted by atomic mass is 9.98. The number of aromatic nitrogens is 3. The summed E-state index contributed by atoms with van der Waals surface area (Å²) in [5, 5.41) is 16.6. The average Bonchev–Trinajstić information content (AvgIpc) is 3.74. The fourth-order valence-corrected chi connectivity index (χ4v) is 6.86. The number of nitrogens with one attached hydrogen (secondary N) is 2. The van der Waals surface area contributed by atoms with Gasteiger partial charge in [-0.3, -0.25) is 19.5 Å². The van der Waals surface area contributed by atoms with Crippen molar-refractivity contribution in [1.29, 1.82) is 0 Å². The molecular weight excluding hydrogens is 655 g/mol. The molecule has 2 aromatic carbocycles. The number of methoxy groups -OCH3 is 2. The molecular formula is C35H36Cl2N6O5. The van der Waals surface area contributed by atoms with Crippen LogP contribution in [0.2, 0.25) is 10.0 Å². The number of carboxylic acids is 1. The predicted molar refractivity (Wildman–Crippen MR) is 183 cm³/mol. The molecule has 0 aliphatic carbocycles. The molecule has 0 saturated carbocycles. The van der Waals surface area contributed by atoms with Gasteiger partial charge in [0, 0.05) is 66.5 Å². The number of amides is 1. The van der Waals surface area contributed by atoms with Crippen molar-refractivity contribution in [2.45, 2.75) is 38.4 Å². The summed E-state index contributed by atoms with van der Waals surface area (Å²) >= 11 is 14.1. The number of ether oxygens (including phenoxy) is 2. The molecule has 13 heteroatoms. The minimum Gasteiger partial charge on any atom is -0.481 e. The number of carbonyl (C=O) groups is 2. The van der Waals surface area contributed by atoms with E-state index in [0.717, 1.165) is 28.7 Å². The van der Waals surface area contributed by atoms with Gasteiger partial charge in [0.15, 0.2) is 0 Å². The van der Waals surface area contributed by atoms with Crippen molar-refractivity contribution in [2.24, 2.45) is 5.92 Å². The standard InChI is InChI=1S/C35H36Cl2N6O5/c1-47-33-20(15-38-16-22-10-12-30(44)40-22)9-11-27(41-33)25-7-3-5-23(31(25)36)24-6-4-8-26(32(24)37)28-17-39-29(34(42-28)48-2)19-43-14-13-21(18-43)35(45)46/h3-9,11,17,21-22,38H,10,12-16,18-19H2,1-2H3,(H,40,44)(H,45,46)/t21-,22?/m1/s1. The van der Waals surface area contributed by atoms with Gasteiger partial charge in [0.1, 0.15) is 5.69 Å². The van der Waals surface area contributed by atoms with Crippen LogP contribution in [0, 0.1) is 5.92 Å². The summed E-state index contributed by atoms with van der Waals surface area (Å²) in [6.07, 6.45) is 3.65. The summed E-state index contributed by atoms with van der Waals surface area (Å²) in [5.41, 5.74) is 5.53. The molecule has 0 spiro atoms. The first-order chi connectivity index (χ1) is 23.2. The van der Waals surface area contributed by atoms with Gasteiger partial charge in [-0.1, -0.05) is 65.7 Å². The topological polar surface area (TPSA) is 139 Å². The quantitative estimate of drug-likeness (QED) is 0.175. The molecule has 11 nitrogen and oxygen atoms in total. The van der Waals surface area contributed by atoms with Crippen LogP contribution < -0.4 is 20.1 Å². The van der Waals surface area contributed by atoms with Gasteiger partial charge in [0.25, 0.3) is 0 Å². The smallest absolute Gasteiger partial charge is 0.307 e. The Balaban J connectivity index is 1.23. The summed E-state index contributed by atoms with van der Waals surface area (Å²) in [5.74, 6) is -0.227. The third-order valence-electron chi connectivity index (χ3n) is 8.76. The minimum absolute atomic E-state index is 0.0910. The lowest BCUT2D eigenvalue weighted by Crippen LogP contribution is -2.35. The minimum atomic E-state index is -0.781. The summed E-state index contributed by atoms with van der Waals surface area (Å²) in [4.78, 5) is 39.1. The fourth-order valence-electron chi connectivity index (χ4n) is 6.21. The van der Waals surface area contributed by atoms with E-state index >= 15 is 0 Å². The highest BCUT2D eigenvalue weighted by atomic mass is 35.5. The number of likely N-dealkylation sites (tertiary alicyclic amines) is 1. The van der Waals surface area contributed by atoms with E-state index in [2.05, 4.69) is 15.6 Å². The maximum Gasteiger partial charge on any atom is 0.307 e. The van der Waals surface area contributed by atoms with E-state index in [1.165, 1.54) is 7.11 Å². The Morgan fingerprint density at radius 3 is 2.25 bits per heavy atom. The molecule has 250 valence electrons. The van der Waals surface area contributed by atoms with Gasteiger partial charge in [-0.25, -0.2) is 9.97 Å². The highest BCUT2D eigenvalue weighted by Gasteiger charge is 2.29. The van der Waals surface area contributed by atoms with Crippen LogP contribution >= 0.6 is 23.2 Å². The maximum atomic E-state index is 11.5. The molecule has 2 aliphatic rings. The number of nitrogens with zero attached hydrogens (tertiary/aromatic N) is 4. The van der Waals surface area contributed by atoms with Gasteiger partial charge < -0.3 is 25.2 Å². The number of carbonyl (C=O) groups excluding carboxylic acids is 1. The number of rotatable bonds is 12. The van der Waals surface area contributed by atoms with Gasteiger partial charge in [-0.2, -0.15) is 0 Å². The monoisotopic (exact) mass is 690 g/mol. The molecule has 2 aliphatic heterocycles. The Morgan fingerprint density at radius 1 is 0.958 bits per heavy atom. The summed E-state index contributed by atoms with van der Waals surface area (Å²) in [7, 11) is 3.12. The number of benzene rings is 2. The zero-order valence-electron chi connectivity index (χ0n) is 26.6. The summed E-state index contributed by atoms with van der Waals surface area (Å²) < 4.78 is 11.2. The molecule has 4 heterocycles. The van der Waals surface area contributed by atoms with Crippen molar-refractivity contribution < 1.29 is 24.2 Å². The SMILES string of the molecule is COc1nc(-c2cccc(-c3cccc(-c4cnc(CN5CC[C@@H](C(=O)O)C5)c(OC)n4)c3Cl)c2Cl)ccc1CNCC1CCC(=O)N1. The van der Waals surface area contributed by atoms with Gasteiger partial charge in [0.2, 0.25) is 17.7 Å². The highest BCUT2D eigenvalue weighted by molar-refractivity contribution is 6.39. The van der Waals surface area contributed by atoms with Gasteiger partial charge in [0.05, 0.1) is 47.8 Å². The predicted octanol–water partition coefficient (Wildman–Crippen LogP) is 5.47. The van der Waals surface area contributed by atoms with Crippen molar-refractivity contribution in [3.05, 3.63) is 76.0 Å². The van der Waals surface area contributed by atoms with Gasteiger partial charge >= 0.3 is 5.97 Å². The summed E-state index contributed by atoms with van der Waals surface area (Å²) in [6.45, 7) is 2.77. The maximum absolute atomic E-state index is 11.5. The van der Waals surface area contributed by atoms with Crippen LogP contribution in [0.25, 0.3) is 33.6 Å². The van der Waals surface area contributed by atoms with Crippen LogP contribution in [0.5, 0.6) is 11.8 Å². The van der Waals surface area contributed by atoms with E-state index in [1.807, 2.05) is 53.4 Å². The molecule has 0 bridgehead atoms. The van der Waals surface area contributed by atoms with Crippen LogP contribution in [-0.4, -0.2) is 76.7 Å². The molecule has 2 atom stereocenters. The van der Waals surface area contributed by atoms with E-state index < -0.39 is 5.97 Å². The fraction of sp³-hybridized carbons (Fsp3) is 0.343. The first-order valence-electron chi connectivity index (χ1n) is 15.7. The Morgan fingerprint density at radius 2 is 1.62 bits per heavy atom. The van der Waals surface area contributed by atoms with E-state index in [1.54, 1.807) is 13.3 Å². The van der Waals surface area contributed by atoms with Crippen LogP contribution in [0.3, 0.4) is 0 Å². The lowest BCUT2D eigenvalue weighted by molar-refractivity contribution is -0.141. The second kappa shape index (κ2) is 14.9. The number of pyridine rings is 1. The van der Waals surface area contributed by atoms with Crippen molar-refractivity contribution in [3.63, 3.8) is 0 Å². The molecule has 3 N–H and O–H groups in total. The van der Waals surface area contributed by atoms with E-state index in [9.17, 15) is 14.7 Å². The number of halogens is 2. The van der Waals surface area contributed by atoms with Gasteiger partial charge in [-0.15, -0.1) is 0 Å². The highest BCUT2D eigenvalue weighted by Crippen LogP contribution is 2.42. The average molecular weight is 692 g/mol. The summed E-state index contributed by atoms with van der Waals surface area (Å²) in [6, 6.07) is 15.4. The van der Waals surface area contributed by atoms with Crippen LogP contribution in [0.1, 0.15) is 30.5 Å². The molecule has 0 radical (unpaired) electrons. The first kappa shape index (κ1) is 33.6. The Kier molecular flexibility index (Phi) is 10.4. The molecule has 1 amide bonds. The molecule has 48 heavy (non-hydrogen) atoms. The van der Waals surface area contributed by atoms with Crippen molar-refractivity contribution in [2.75, 3.05) is 33.9 Å². The Labute approximate surface area is 288 Å². The first-order valence-corrected chi connectivity index (χ1v) is 16.5. The zero-order valence-corrected chi connectivity index (χ0v) is 28.1. The van der Waals surface area contributed by atoms with Crippen LogP contribution in [-0.2, 0) is 22.7 Å². The molecule has 1 unspecified atom stereocenters. The Bertz CT molecular complexity index is 1840. The second-order valence-electron chi connectivity index (χ2n) is 11.9. The Hall–Kier alpha value is -4.29. The largest absolute Gasteiger partial charge is 0.481 e. The lowest BCUT2D eigenvalue weighted by Gasteiger charge is -2.17. The third-order valence-corrected chi connectivity index (χ3v) is 9.58. The normalized spacial score (nSPS) is 17.8. The van der Waals surface area contributed by atoms with Gasteiger partial charge in [-0.05, 0) is 25.5 Å². The molecule has 6 rings (SSSR count). The molecule has 4 aromatic rings. The number of hydrogen-bond donors (Lipinski definition) is 3. The zero-order chi connectivity index (χ0) is 33.8. The third kappa shape index (κ3) is 7.24. The molecule has 2 aromatic heterocycles. The van der Waals surface area contributed by atoms with Crippen LogP contribution in [0.4, 0.5) is 0 Å². The number of carboxylic acid groups (broad SMARTS) is 1. The molecule has 2 fully saturated rings. The van der Waals surface area contributed by atoms with Crippen LogP contribution in [0.15, 0.2) is 54.7 Å². The van der Waals surface area contributed by atoms with Crippen molar-refractivity contribution >= 4 is 35.1 Å². The molecule has 2 saturated heterocycles. The van der Waals surface area contributed by atoms with Crippen molar-refractivity contribution in [3.8, 4) is 45.4 Å².